The second-order valence-corrected chi connectivity index (χ2v) is 7.26. The molecule has 1 saturated heterocycles. The molecule has 0 saturated carbocycles. The van der Waals surface area contributed by atoms with E-state index in [0.29, 0.717) is 47.5 Å². The van der Waals surface area contributed by atoms with Gasteiger partial charge in [0.05, 0.1) is 11.6 Å². The highest BCUT2D eigenvalue weighted by molar-refractivity contribution is 6.00. The average molecular weight is 406 g/mol. The van der Waals surface area contributed by atoms with Crippen LogP contribution in [0.25, 0.3) is 10.9 Å². The topological polar surface area (TPSA) is 148 Å². The molecule has 6 N–H and O–H groups in total. The summed E-state index contributed by atoms with van der Waals surface area (Å²) in [6.45, 7) is 1.15. The van der Waals surface area contributed by atoms with Crippen molar-refractivity contribution in [1.29, 1.82) is 5.41 Å². The van der Waals surface area contributed by atoms with E-state index in [-0.39, 0.29) is 24.0 Å². The van der Waals surface area contributed by atoms with Crippen LogP contribution in [-0.2, 0) is 6.54 Å². The number of aliphatic hydroxyl groups excluding tert-OH is 1. The highest BCUT2D eigenvalue weighted by atomic mass is 16.3. The molecule has 9 nitrogen and oxygen atoms in total. The van der Waals surface area contributed by atoms with Crippen molar-refractivity contribution in [2.75, 3.05) is 18.4 Å². The van der Waals surface area contributed by atoms with Crippen molar-refractivity contribution >= 4 is 28.5 Å². The lowest BCUT2D eigenvalue weighted by molar-refractivity contribution is 0.0765. The zero-order valence-corrected chi connectivity index (χ0v) is 16.2. The van der Waals surface area contributed by atoms with Crippen LogP contribution in [-0.4, -0.2) is 56.0 Å². The Balaban J connectivity index is 1.56. The number of fused-ring (bicyclic) bond motifs is 1. The number of amidine groups is 1. The molecule has 2 heterocycles. The molecule has 9 heteroatoms. The van der Waals surface area contributed by atoms with Crippen LogP contribution in [0.2, 0.25) is 0 Å². The van der Waals surface area contributed by atoms with Gasteiger partial charge in [-0.2, -0.15) is 0 Å². The molecule has 0 radical (unpaired) electrons. The van der Waals surface area contributed by atoms with Gasteiger partial charge in [0.25, 0.3) is 5.91 Å². The molecule has 1 aliphatic heterocycles. The van der Waals surface area contributed by atoms with Crippen LogP contribution in [0, 0.1) is 5.41 Å². The number of phenols is 1. The summed E-state index contributed by atoms with van der Waals surface area (Å²) in [6, 6.07) is 9.94. The predicted molar refractivity (Wildman–Crippen MR) is 113 cm³/mol. The van der Waals surface area contributed by atoms with Crippen molar-refractivity contribution in [2.24, 2.45) is 5.73 Å². The number of likely N-dealkylation sites (tertiary alicyclic amines) is 1. The van der Waals surface area contributed by atoms with E-state index in [1.165, 1.54) is 12.4 Å². The number of nitrogens with one attached hydrogen (secondary N) is 2. The summed E-state index contributed by atoms with van der Waals surface area (Å²) in [5, 5.41) is 31.2. The monoisotopic (exact) mass is 406 g/mol. The lowest BCUT2D eigenvalue weighted by Gasteiger charge is -2.16. The molecule has 1 unspecified atom stereocenters. The molecule has 0 aliphatic carbocycles. The first-order valence-electron chi connectivity index (χ1n) is 9.54. The average Bonchev–Trinajstić information content (AvgIpc) is 3.18. The van der Waals surface area contributed by atoms with Gasteiger partial charge in [0.15, 0.2) is 0 Å². The van der Waals surface area contributed by atoms with E-state index in [2.05, 4.69) is 15.3 Å². The third-order valence-electron chi connectivity index (χ3n) is 5.17. The van der Waals surface area contributed by atoms with Crippen LogP contribution in [0.1, 0.15) is 27.9 Å². The van der Waals surface area contributed by atoms with E-state index in [1.807, 2.05) is 0 Å². The molecule has 154 valence electrons. The van der Waals surface area contributed by atoms with Gasteiger partial charge in [-0.3, -0.25) is 10.2 Å². The van der Waals surface area contributed by atoms with E-state index in [0.717, 1.165) is 5.39 Å². The van der Waals surface area contributed by atoms with Crippen molar-refractivity contribution in [3.63, 3.8) is 0 Å². The van der Waals surface area contributed by atoms with Crippen molar-refractivity contribution in [3.8, 4) is 5.75 Å². The van der Waals surface area contributed by atoms with Gasteiger partial charge in [-0.05, 0) is 42.8 Å². The number of aromatic nitrogens is 2. The normalized spacial score (nSPS) is 16.0. The number of β-amino-alcohol motifs (C(OH)–C–C–N with tert-alkyl or cyclic N) is 1. The standard InChI is InChI=1S/C21H22N6O3/c22-19(23)12-2-4-18(29)14(7-12)9-24-20-16-3-1-13(8-17(16)25-11-26-20)21(30)27-6-5-15(28)10-27/h1-4,7-8,11,15,28-29H,5-6,9-10H2,(H3,22,23)(H,24,25,26). The van der Waals surface area contributed by atoms with Crippen molar-refractivity contribution in [1.82, 2.24) is 14.9 Å². The molecule has 0 spiro atoms. The molecular formula is C21H22N6O3. The van der Waals surface area contributed by atoms with E-state index < -0.39 is 6.10 Å². The summed E-state index contributed by atoms with van der Waals surface area (Å²) >= 11 is 0. The van der Waals surface area contributed by atoms with Crippen molar-refractivity contribution < 1.29 is 15.0 Å². The number of carbonyl (C=O) groups is 1. The summed E-state index contributed by atoms with van der Waals surface area (Å²) in [7, 11) is 0. The Hall–Kier alpha value is -3.72. The van der Waals surface area contributed by atoms with Gasteiger partial charge in [-0.1, -0.05) is 0 Å². The van der Waals surface area contributed by atoms with Crippen LogP contribution in [0.3, 0.4) is 0 Å². The maximum Gasteiger partial charge on any atom is 0.254 e. The number of carbonyl (C=O) groups excluding carboxylic acids is 1. The van der Waals surface area contributed by atoms with Crippen LogP contribution in [0.5, 0.6) is 5.75 Å². The number of phenolic OH excluding ortho intramolecular Hbond substituents is 1. The molecule has 0 bridgehead atoms. The van der Waals surface area contributed by atoms with Crippen LogP contribution in [0.15, 0.2) is 42.7 Å². The second kappa shape index (κ2) is 7.96. The van der Waals surface area contributed by atoms with Crippen LogP contribution < -0.4 is 11.1 Å². The number of aromatic hydroxyl groups is 1. The number of benzene rings is 2. The molecular weight excluding hydrogens is 384 g/mol. The van der Waals surface area contributed by atoms with Gasteiger partial charge in [0.1, 0.15) is 23.7 Å². The maximum absolute atomic E-state index is 12.7. The fourth-order valence-corrected chi connectivity index (χ4v) is 3.51. The largest absolute Gasteiger partial charge is 0.508 e. The molecule has 1 atom stereocenters. The summed E-state index contributed by atoms with van der Waals surface area (Å²) < 4.78 is 0. The summed E-state index contributed by atoms with van der Waals surface area (Å²) in [6.07, 6.45) is 1.53. The van der Waals surface area contributed by atoms with Crippen LogP contribution >= 0.6 is 0 Å². The lowest BCUT2D eigenvalue weighted by atomic mass is 10.1. The minimum atomic E-state index is -0.467. The van der Waals surface area contributed by atoms with Crippen molar-refractivity contribution in [3.05, 3.63) is 59.4 Å². The van der Waals surface area contributed by atoms with Crippen LogP contribution in [0.4, 0.5) is 5.82 Å². The smallest absolute Gasteiger partial charge is 0.254 e. The van der Waals surface area contributed by atoms with E-state index in [4.69, 9.17) is 11.1 Å². The SMILES string of the molecule is N=C(N)c1ccc(O)c(CNc2ncnc3cc(C(=O)N4CCC(O)C4)ccc23)c1. The highest BCUT2D eigenvalue weighted by Gasteiger charge is 2.25. The third kappa shape index (κ3) is 3.87. The number of hydrogen-bond donors (Lipinski definition) is 5. The molecule has 30 heavy (non-hydrogen) atoms. The predicted octanol–water partition coefficient (Wildman–Crippen LogP) is 1.44. The molecule has 1 amide bonds. The number of rotatable bonds is 5. The van der Waals surface area contributed by atoms with E-state index in [9.17, 15) is 15.0 Å². The molecule has 1 aliphatic rings. The molecule has 2 aromatic carbocycles. The van der Waals surface area contributed by atoms with Crippen molar-refractivity contribution in [2.45, 2.75) is 19.1 Å². The first kappa shape index (κ1) is 19.6. The van der Waals surface area contributed by atoms with Gasteiger partial charge in [-0.15, -0.1) is 0 Å². The van der Waals surface area contributed by atoms with E-state index >= 15 is 0 Å². The van der Waals surface area contributed by atoms with Gasteiger partial charge < -0.3 is 26.2 Å². The Bertz CT molecular complexity index is 1130. The quantitative estimate of drug-likeness (QED) is 0.318. The van der Waals surface area contributed by atoms with Gasteiger partial charge in [0.2, 0.25) is 0 Å². The third-order valence-corrected chi connectivity index (χ3v) is 5.17. The van der Waals surface area contributed by atoms with Gasteiger partial charge in [-0.25, -0.2) is 9.97 Å². The lowest BCUT2D eigenvalue weighted by Crippen LogP contribution is -2.29. The summed E-state index contributed by atoms with van der Waals surface area (Å²) in [5.41, 5.74) is 7.74. The second-order valence-electron chi connectivity index (χ2n) is 7.26. The molecule has 3 aromatic rings. The first-order valence-corrected chi connectivity index (χ1v) is 9.54. The minimum Gasteiger partial charge on any atom is -0.508 e. The molecule has 4 rings (SSSR count). The Morgan fingerprint density at radius 3 is 2.77 bits per heavy atom. The maximum atomic E-state index is 12.7. The minimum absolute atomic E-state index is 0.0774. The zero-order valence-electron chi connectivity index (χ0n) is 16.2. The zero-order chi connectivity index (χ0) is 21.3. The molecule has 1 fully saturated rings. The number of nitrogen functional groups attached to an aromatic ring is 1. The highest BCUT2D eigenvalue weighted by Crippen LogP contribution is 2.24. The number of nitrogens with zero attached hydrogens (tertiary/aromatic N) is 3. The van der Waals surface area contributed by atoms with E-state index in [1.54, 1.807) is 35.2 Å². The Morgan fingerprint density at radius 2 is 2.03 bits per heavy atom. The number of amides is 1. The number of anilines is 1. The van der Waals surface area contributed by atoms with Gasteiger partial charge in [0, 0.05) is 41.7 Å². The Morgan fingerprint density at radius 1 is 1.23 bits per heavy atom. The number of hydrogen-bond acceptors (Lipinski definition) is 7. The Labute approximate surface area is 172 Å². The number of nitrogens with two attached hydrogens (primary N) is 1. The fraction of sp³-hybridized carbons (Fsp3) is 0.238. The summed E-state index contributed by atoms with van der Waals surface area (Å²) in [4.78, 5) is 22.8. The Kier molecular flexibility index (Phi) is 5.20. The fourth-order valence-electron chi connectivity index (χ4n) is 3.51. The molecule has 1 aromatic heterocycles. The first-order chi connectivity index (χ1) is 14.4. The van der Waals surface area contributed by atoms with Gasteiger partial charge >= 0.3 is 0 Å². The number of aliphatic hydroxyl groups is 1. The summed E-state index contributed by atoms with van der Waals surface area (Å²) in [5.74, 6) is 0.439.